The number of ether oxygens (including phenoxy) is 1. The predicted octanol–water partition coefficient (Wildman–Crippen LogP) is 1.68. The maximum Gasteiger partial charge on any atom is 0.225 e. The van der Waals surface area contributed by atoms with Crippen LogP contribution in [0.15, 0.2) is 0 Å². The van der Waals surface area contributed by atoms with Crippen molar-refractivity contribution in [2.75, 3.05) is 20.2 Å². The van der Waals surface area contributed by atoms with Crippen LogP contribution >= 0.6 is 0 Å². The Hall–Kier alpha value is -0.610. The van der Waals surface area contributed by atoms with Crippen LogP contribution in [0.5, 0.6) is 0 Å². The topological polar surface area (TPSA) is 55.6 Å². The second kappa shape index (κ2) is 6.02. The van der Waals surface area contributed by atoms with Gasteiger partial charge in [0.1, 0.15) is 0 Å². The van der Waals surface area contributed by atoms with Crippen LogP contribution in [0.4, 0.5) is 0 Å². The van der Waals surface area contributed by atoms with Gasteiger partial charge in [-0.1, -0.05) is 0 Å². The van der Waals surface area contributed by atoms with Gasteiger partial charge in [-0.15, -0.1) is 0 Å². The molecule has 2 N–H and O–H groups in total. The fraction of sp³-hybridized carbons (Fsp3) is 0.929. The molecule has 2 rings (SSSR count). The van der Waals surface area contributed by atoms with Crippen molar-refractivity contribution in [3.8, 4) is 0 Å². The highest BCUT2D eigenvalue weighted by molar-refractivity contribution is 5.78. The van der Waals surface area contributed by atoms with Gasteiger partial charge in [0.15, 0.2) is 0 Å². The van der Waals surface area contributed by atoms with E-state index in [0.717, 1.165) is 51.6 Å². The molecular weight excluding hydrogens is 228 g/mol. The first-order valence-electron chi connectivity index (χ1n) is 7.25. The third kappa shape index (κ3) is 2.86. The van der Waals surface area contributed by atoms with Crippen LogP contribution in [0.2, 0.25) is 0 Å². The molecule has 1 saturated heterocycles. The Kier molecular flexibility index (Phi) is 4.62. The first-order valence-corrected chi connectivity index (χ1v) is 7.25. The van der Waals surface area contributed by atoms with Crippen molar-refractivity contribution < 1.29 is 9.53 Å². The summed E-state index contributed by atoms with van der Waals surface area (Å²) in [4.78, 5) is 14.5. The Morgan fingerprint density at radius 1 is 1.44 bits per heavy atom. The summed E-state index contributed by atoms with van der Waals surface area (Å²) in [7, 11) is 1.74. The van der Waals surface area contributed by atoms with Crippen LogP contribution < -0.4 is 5.73 Å². The summed E-state index contributed by atoms with van der Waals surface area (Å²) < 4.78 is 5.55. The van der Waals surface area contributed by atoms with E-state index in [1.165, 1.54) is 6.42 Å². The van der Waals surface area contributed by atoms with E-state index in [0.29, 0.717) is 12.5 Å². The molecule has 0 bridgehead atoms. The highest BCUT2D eigenvalue weighted by atomic mass is 16.5. The van der Waals surface area contributed by atoms with Gasteiger partial charge in [-0.05, 0) is 51.5 Å². The minimum atomic E-state index is -0.141. The van der Waals surface area contributed by atoms with Crippen molar-refractivity contribution >= 4 is 5.91 Å². The number of amides is 1. The van der Waals surface area contributed by atoms with Crippen molar-refractivity contribution in [1.82, 2.24) is 4.90 Å². The molecule has 2 aliphatic rings. The molecule has 1 unspecified atom stereocenters. The van der Waals surface area contributed by atoms with Crippen molar-refractivity contribution in [2.45, 2.75) is 63.0 Å². The summed E-state index contributed by atoms with van der Waals surface area (Å²) in [5.41, 5.74) is 5.42. The molecule has 104 valence electrons. The van der Waals surface area contributed by atoms with E-state index in [9.17, 15) is 4.79 Å². The van der Waals surface area contributed by atoms with E-state index in [-0.39, 0.29) is 11.5 Å². The van der Waals surface area contributed by atoms with Gasteiger partial charge in [0.25, 0.3) is 0 Å². The Labute approximate surface area is 110 Å². The van der Waals surface area contributed by atoms with Gasteiger partial charge in [0, 0.05) is 19.7 Å². The highest BCUT2D eigenvalue weighted by Crippen LogP contribution is 2.39. The Morgan fingerprint density at radius 3 is 2.78 bits per heavy atom. The summed E-state index contributed by atoms with van der Waals surface area (Å²) in [6.45, 7) is 1.65. The van der Waals surface area contributed by atoms with E-state index in [1.54, 1.807) is 7.11 Å². The molecule has 1 amide bonds. The van der Waals surface area contributed by atoms with Gasteiger partial charge in [-0.2, -0.15) is 0 Å². The number of hydrogen-bond acceptors (Lipinski definition) is 3. The zero-order chi connectivity index (χ0) is 13.0. The normalized spacial score (nSPS) is 26.1. The van der Waals surface area contributed by atoms with Crippen molar-refractivity contribution in [3.63, 3.8) is 0 Å². The predicted molar refractivity (Wildman–Crippen MR) is 71.2 cm³/mol. The Morgan fingerprint density at radius 2 is 2.22 bits per heavy atom. The second-order valence-corrected chi connectivity index (χ2v) is 5.73. The van der Waals surface area contributed by atoms with E-state index < -0.39 is 0 Å². The lowest BCUT2D eigenvalue weighted by atomic mass is 9.77. The molecule has 1 heterocycles. The van der Waals surface area contributed by atoms with Gasteiger partial charge in [-0.25, -0.2) is 0 Å². The van der Waals surface area contributed by atoms with Crippen LogP contribution in [0.1, 0.15) is 51.4 Å². The molecular formula is C14H26N2O2. The number of nitrogens with zero attached hydrogens (tertiary/aromatic N) is 1. The molecule has 4 nitrogen and oxygen atoms in total. The lowest BCUT2D eigenvalue weighted by molar-refractivity contribution is -0.145. The summed E-state index contributed by atoms with van der Waals surface area (Å²) in [6.07, 6.45) is 8.20. The highest BCUT2D eigenvalue weighted by Gasteiger charge is 2.41. The Balaban J connectivity index is 1.87. The van der Waals surface area contributed by atoms with Crippen molar-refractivity contribution in [2.24, 2.45) is 5.73 Å². The first kappa shape index (κ1) is 13.8. The standard InChI is InChI=1S/C14H26N2O2/c1-18-14(7-4-8-14)11-13(17)16-10-3-6-12(16)5-2-9-15/h12H,2-11,15H2,1H3. The number of rotatable bonds is 6. The third-order valence-electron chi connectivity index (χ3n) is 4.61. The van der Waals surface area contributed by atoms with E-state index in [1.807, 2.05) is 0 Å². The third-order valence-corrected chi connectivity index (χ3v) is 4.61. The zero-order valence-corrected chi connectivity index (χ0v) is 11.5. The molecule has 1 aliphatic carbocycles. The summed E-state index contributed by atoms with van der Waals surface area (Å²) in [5.74, 6) is 0.288. The molecule has 0 spiro atoms. The van der Waals surface area contributed by atoms with E-state index >= 15 is 0 Å². The number of carbonyl (C=O) groups excluding carboxylic acids is 1. The minimum absolute atomic E-state index is 0.141. The van der Waals surface area contributed by atoms with Gasteiger partial charge in [0.2, 0.25) is 5.91 Å². The molecule has 18 heavy (non-hydrogen) atoms. The maximum atomic E-state index is 12.4. The second-order valence-electron chi connectivity index (χ2n) is 5.73. The van der Waals surface area contributed by atoms with Crippen LogP contribution in [-0.2, 0) is 9.53 Å². The van der Waals surface area contributed by atoms with Gasteiger partial charge < -0.3 is 15.4 Å². The number of likely N-dealkylation sites (tertiary alicyclic amines) is 1. The van der Waals surface area contributed by atoms with Crippen LogP contribution in [0.25, 0.3) is 0 Å². The minimum Gasteiger partial charge on any atom is -0.378 e. The Bertz CT molecular complexity index is 284. The van der Waals surface area contributed by atoms with Crippen LogP contribution in [-0.4, -0.2) is 42.6 Å². The average molecular weight is 254 g/mol. The molecule has 1 atom stereocenters. The molecule has 0 aromatic rings. The van der Waals surface area contributed by atoms with Crippen LogP contribution in [0, 0.1) is 0 Å². The maximum absolute atomic E-state index is 12.4. The smallest absolute Gasteiger partial charge is 0.225 e. The molecule has 0 aromatic heterocycles. The summed E-state index contributed by atoms with van der Waals surface area (Å²) in [6, 6.07) is 0.426. The lowest BCUT2D eigenvalue weighted by Gasteiger charge is -2.41. The van der Waals surface area contributed by atoms with Gasteiger partial charge >= 0.3 is 0 Å². The number of carbonyl (C=O) groups is 1. The monoisotopic (exact) mass is 254 g/mol. The average Bonchev–Trinajstić information content (AvgIpc) is 2.79. The molecule has 0 aromatic carbocycles. The number of nitrogens with two attached hydrogens (primary N) is 1. The largest absolute Gasteiger partial charge is 0.378 e. The van der Waals surface area contributed by atoms with Crippen molar-refractivity contribution in [1.29, 1.82) is 0 Å². The molecule has 2 fully saturated rings. The fourth-order valence-corrected chi connectivity index (χ4v) is 3.22. The van der Waals surface area contributed by atoms with Gasteiger partial charge in [0.05, 0.1) is 12.0 Å². The molecule has 4 heteroatoms. The first-order chi connectivity index (χ1) is 8.71. The molecule has 1 aliphatic heterocycles. The molecule has 0 radical (unpaired) electrons. The number of hydrogen-bond donors (Lipinski definition) is 1. The quantitative estimate of drug-likeness (QED) is 0.784. The van der Waals surface area contributed by atoms with Crippen molar-refractivity contribution in [3.05, 3.63) is 0 Å². The summed E-state index contributed by atoms with van der Waals surface area (Å²) >= 11 is 0. The van der Waals surface area contributed by atoms with E-state index in [2.05, 4.69) is 4.90 Å². The van der Waals surface area contributed by atoms with Gasteiger partial charge in [-0.3, -0.25) is 4.79 Å². The zero-order valence-electron chi connectivity index (χ0n) is 11.5. The lowest BCUT2D eigenvalue weighted by Crippen LogP contribution is -2.46. The van der Waals surface area contributed by atoms with Crippen LogP contribution in [0.3, 0.4) is 0 Å². The fourth-order valence-electron chi connectivity index (χ4n) is 3.22. The van der Waals surface area contributed by atoms with E-state index in [4.69, 9.17) is 10.5 Å². The molecule has 1 saturated carbocycles. The summed E-state index contributed by atoms with van der Waals surface area (Å²) in [5, 5.41) is 0. The number of methoxy groups -OCH3 is 1. The SMILES string of the molecule is COC1(CC(=O)N2CCCC2CCCN)CCC1.